The van der Waals surface area contributed by atoms with Gasteiger partial charge in [0.05, 0.1) is 30.2 Å². The zero-order chi connectivity index (χ0) is 21.7. The van der Waals surface area contributed by atoms with Gasteiger partial charge in [0.15, 0.2) is 5.82 Å². The number of carbonyl (C=O) groups is 2. The van der Waals surface area contributed by atoms with Crippen LogP contribution in [0.15, 0.2) is 36.5 Å². The van der Waals surface area contributed by atoms with Gasteiger partial charge in [-0.05, 0) is 25.1 Å². The molecule has 1 atom stereocenters. The third kappa shape index (κ3) is 5.22. The number of aryl methyl sites for hydroxylation is 1. The maximum absolute atomic E-state index is 14.9. The number of aromatic nitrogens is 1. The van der Waals surface area contributed by atoms with E-state index in [1.807, 2.05) is 11.8 Å². The van der Waals surface area contributed by atoms with Gasteiger partial charge in [-0.3, -0.25) is 9.88 Å². The molecule has 160 valence electrons. The molecule has 0 aliphatic carbocycles. The molecule has 30 heavy (non-hydrogen) atoms. The highest BCUT2D eigenvalue weighted by atomic mass is 19.1. The van der Waals surface area contributed by atoms with Crippen molar-refractivity contribution in [1.29, 1.82) is 0 Å². The summed E-state index contributed by atoms with van der Waals surface area (Å²) in [5, 5.41) is 23.7. The number of nitrogens with zero attached hydrogens (tertiary/aromatic N) is 3. The molecule has 0 radical (unpaired) electrons. The van der Waals surface area contributed by atoms with Crippen molar-refractivity contribution >= 4 is 23.5 Å². The molecular formula is C20H24FN5O4. The molecule has 0 bridgehead atoms. The van der Waals surface area contributed by atoms with Crippen LogP contribution in [0.25, 0.3) is 0 Å². The first-order valence-corrected chi connectivity index (χ1v) is 9.48. The van der Waals surface area contributed by atoms with Crippen LogP contribution in [0.5, 0.6) is 0 Å². The minimum Gasteiger partial charge on any atom is -0.465 e. The Morgan fingerprint density at radius 2 is 2.03 bits per heavy atom. The van der Waals surface area contributed by atoms with Crippen molar-refractivity contribution in [3.63, 3.8) is 0 Å². The SMILES string of the molecule is Cc1ccc(NC(=O)Nc2cccc(CN3CCN(C(=O)O)[C@H](CO)C3)c2F)cn1. The summed E-state index contributed by atoms with van der Waals surface area (Å²) >= 11 is 0. The van der Waals surface area contributed by atoms with Crippen molar-refractivity contribution < 1.29 is 24.2 Å². The Kier molecular flexibility index (Phi) is 6.80. The topological polar surface area (TPSA) is 118 Å². The highest BCUT2D eigenvalue weighted by Crippen LogP contribution is 2.21. The van der Waals surface area contributed by atoms with Gasteiger partial charge in [-0.25, -0.2) is 14.0 Å². The minimum absolute atomic E-state index is 0.0351. The minimum atomic E-state index is -1.08. The number of rotatable bonds is 5. The predicted octanol–water partition coefficient (Wildman–Crippen LogP) is 2.33. The van der Waals surface area contributed by atoms with E-state index in [1.54, 1.807) is 24.3 Å². The summed E-state index contributed by atoms with van der Waals surface area (Å²) in [5.74, 6) is -0.559. The van der Waals surface area contributed by atoms with E-state index < -0.39 is 24.0 Å². The molecule has 1 saturated heterocycles. The van der Waals surface area contributed by atoms with Gasteiger partial charge in [-0.15, -0.1) is 0 Å². The lowest BCUT2D eigenvalue weighted by Crippen LogP contribution is -2.56. The number of benzene rings is 1. The second kappa shape index (κ2) is 9.51. The quantitative estimate of drug-likeness (QED) is 0.593. The van der Waals surface area contributed by atoms with Crippen molar-refractivity contribution in [2.24, 2.45) is 0 Å². The van der Waals surface area contributed by atoms with Crippen LogP contribution in [-0.2, 0) is 6.54 Å². The van der Waals surface area contributed by atoms with Gasteiger partial charge in [-0.1, -0.05) is 12.1 Å². The Morgan fingerprint density at radius 3 is 2.70 bits per heavy atom. The number of carbonyl (C=O) groups excluding carboxylic acids is 1. The van der Waals surface area contributed by atoms with E-state index in [9.17, 15) is 24.2 Å². The van der Waals surface area contributed by atoms with E-state index in [0.717, 1.165) is 5.69 Å². The number of pyridine rings is 1. The number of urea groups is 1. The van der Waals surface area contributed by atoms with Crippen LogP contribution in [0.3, 0.4) is 0 Å². The fourth-order valence-electron chi connectivity index (χ4n) is 3.34. The Labute approximate surface area is 173 Å². The second-order valence-electron chi connectivity index (χ2n) is 7.09. The molecule has 0 saturated carbocycles. The maximum atomic E-state index is 14.9. The van der Waals surface area contributed by atoms with Crippen LogP contribution in [-0.4, -0.2) is 69.4 Å². The molecule has 4 N–H and O–H groups in total. The first-order chi connectivity index (χ1) is 14.4. The number of anilines is 2. The van der Waals surface area contributed by atoms with Crippen LogP contribution < -0.4 is 10.6 Å². The van der Waals surface area contributed by atoms with Crippen LogP contribution in [0, 0.1) is 12.7 Å². The number of hydrogen-bond donors (Lipinski definition) is 4. The average molecular weight is 417 g/mol. The summed E-state index contributed by atoms with van der Waals surface area (Å²) in [5.41, 5.74) is 1.70. The summed E-state index contributed by atoms with van der Waals surface area (Å²) in [4.78, 5) is 30.6. The Balaban J connectivity index is 1.64. The fraction of sp³-hybridized carbons (Fsp3) is 0.350. The van der Waals surface area contributed by atoms with E-state index >= 15 is 0 Å². The van der Waals surface area contributed by atoms with Gasteiger partial charge in [0.2, 0.25) is 0 Å². The number of nitrogens with one attached hydrogen (secondary N) is 2. The van der Waals surface area contributed by atoms with E-state index in [-0.39, 0.29) is 25.4 Å². The Morgan fingerprint density at radius 1 is 1.23 bits per heavy atom. The van der Waals surface area contributed by atoms with Crippen molar-refractivity contribution in [3.8, 4) is 0 Å². The number of carboxylic acid groups (broad SMARTS) is 1. The smallest absolute Gasteiger partial charge is 0.407 e. The van der Waals surface area contributed by atoms with E-state index in [2.05, 4.69) is 15.6 Å². The molecule has 0 unspecified atom stereocenters. The lowest BCUT2D eigenvalue weighted by atomic mass is 10.1. The third-order valence-corrected chi connectivity index (χ3v) is 4.91. The van der Waals surface area contributed by atoms with Gasteiger partial charge in [-0.2, -0.15) is 0 Å². The molecule has 1 aliphatic rings. The summed E-state index contributed by atoms with van der Waals surface area (Å²) in [6.45, 7) is 2.69. The van der Waals surface area contributed by atoms with Gasteiger partial charge >= 0.3 is 12.1 Å². The lowest BCUT2D eigenvalue weighted by Gasteiger charge is -2.39. The normalized spacial score (nSPS) is 16.9. The number of aliphatic hydroxyl groups is 1. The average Bonchev–Trinajstić information content (AvgIpc) is 2.72. The van der Waals surface area contributed by atoms with Crippen LogP contribution in [0.2, 0.25) is 0 Å². The molecule has 1 aromatic carbocycles. The Bertz CT molecular complexity index is 909. The first kappa shape index (κ1) is 21.5. The van der Waals surface area contributed by atoms with Crippen molar-refractivity contribution in [2.75, 3.05) is 36.9 Å². The molecule has 1 aromatic heterocycles. The molecule has 10 heteroatoms. The monoisotopic (exact) mass is 417 g/mol. The maximum Gasteiger partial charge on any atom is 0.407 e. The zero-order valence-electron chi connectivity index (χ0n) is 16.5. The van der Waals surface area contributed by atoms with Crippen molar-refractivity contribution in [1.82, 2.24) is 14.8 Å². The molecule has 0 spiro atoms. The van der Waals surface area contributed by atoms with Gasteiger partial charge in [0, 0.05) is 37.4 Å². The van der Waals surface area contributed by atoms with Crippen LogP contribution >= 0.6 is 0 Å². The summed E-state index contributed by atoms with van der Waals surface area (Å²) < 4.78 is 14.9. The highest BCUT2D eigenvalue weighted by Gasteiger charge is 2.30. The molecule has 1 aliphatic heterocycles. The number of hydrogen-bond acceptors (Lipinski definition) is 5. The zero-order valence-corrected chi connectivity index (χ0v) is 16.5. The first-order valence-electron chi connectivity index (χ1n) is 9.48. The van der Waals surface area contributed by atoms with E-state index in [0.29, 0.717) is 24.3 Å². The summed E-state index contributed by atoms with van der Waals surface area (Å²) in [6, 6.07) is 7.01. The standard InChI is InChI=1S/C20H24FN5O4/c1-13-5-6-15(9-22-13)23-19(28)24-17-4-2-3-14(18(17)21)10-25-7-8-26(20(29)30)16(11-25)12-27/h2-6,9,16,27H,7-8,10-12H2,1H3,(H,29,30)(H2,23,24,28)/t16-/m0/s1. The Hall–Kier alpha value is -3.24. The van der Waals surface area contributed by atoms with Crippen molar-refractivity contribution in [3.05, 3.63) is 53.6 Å². The third-order valence-electron chi connectivity index (χ3n) is 4.91. The number of halogens is 1. The number of aliphatic hydroxyl groups excluding tert-OH is 1. The van der Waals surface area contributed by atoms with Crippen LogP contribution in [0.4, 0.5) is 25.4 Å². The molecule has 9 nitrogen and oxygen atoms in total. The second-order valence-corrected chi connectivity index (χ2v) is 7.09. The summed E-state index contributed by atoms with van der Waals surface area (Å²) in [7, 11) is 0. The van der Waals surface area contributed by atoms with E-state index in [4.69, 9.17) is 0 Å². The van der Waals surface area contributed by atoms with Crippen molar-refractivity contribution in [2.45, 2.75) is 19.5 Å². The van der Waals surface area contributed by atoms with Gasteiger partial charge in [0.1, 0.15) is 0 Å². The van der Waals surface area contributed by atoms with Gasteiger partial charge in [0.25, 0.3) is 0 Å². The molecule has 3 amide bonds. The predicted molar refractivity (Wildman–Crippen MR) is 109 cm³/mol. The summed E-state index contributed by atoms with van der Waals surface area (Å²) in [6.07, 6.45) is 0.427. The lowest BCUT2D eigenvalue weighted by molar-refractivity contribution is 0.0384. The molecular weight excluding hydrogens is 393 g/mol. The largest absolute Gasteiger partial charge is 0.465 e. The number of amides is 3. The molecule has 3 rings (SSSR count). The van der Waals surface area contributed by atoms with E-state index in [1.165, 1.54) is 17.2 Å². The molecule has 2 aromatic rings. The highest BCUT2D eigenvalue weighted by molar-refractivity contribution is 5.99. The molecule has 1 fully saturated rings. The van der Waals surface area contributed by atoms with Crippen LogP contribution in [0.1, 0.15) is 11.3 Å². The van der Waals surface area contributed by atoms with Gasteiger partial charge < -0.3 is 25.7 Å². The molecule has 2 heterocycles. The fourth-order valence-corrected chi connectivity index (χ4v) is 3.34. The number of piperazine rings is 1.